The summed E-state index contributed by atoms with van der Waals surface area (Å²) in [5, 5.41) is 14.4. The van der Waals surface area contributed by atoms with Crippen LogP contribution < -0.4 is 5.32 Å². The molecule has 0 aliphatic heterocycles. The Bertz CT molecular complexity index is 1090. The first-order valence-electron chi connectivity index (χ1n) is 7.92. The summed E-state index contributed by atoms with van der Waals surface area (Å²) in [6.07, 6.45) is 0.958. The maximum absolute atomic E-state index is 11.8. The highest BCUT2D eigenvalue weighted by Gasteiger charge is 2.25. The fourth-order valence-electron chi connectivity index (χ4n) is 2.93. The number of nitrogens with zero attached hydrogens (tertiary/aromatic N) is 3. The van der Waals surface area contributed by atoms with Crippen LogP contribution in [0.4, 0.5) is 11.4 Å². The van der Waals surface area contributed by atoms with Crippen LogP contribution in [0.2, 0.25) is 0 Å². The number of benzene rings is 2. The molecule has 0 atom stereocenters. The van der Waals surface area contributed by atoms with E-state index in [1.165, 1.54) is 18.2 Å². The maximum Gasteiger partial charge on any atom is 0.310 e. The Morgan fingerprint density at radius 1 is 1.19 bits per heavy atom. The molecule has 3 rings (SSSR count). The Hall–Kier alpha value is -2.94. The number of nitro groups is 1. The summed E-state index contributed by atoms with van der Waals surface area (Å²) in [6.45, 7) is 2.81. The van der Waals surface area contributed by atoms with Gasteiger partial charge in [-0.05, 0) is 31.2 Å². The first-order valence-corrected chi connectivity index (χ1v) is 9.81. The Morgan fingerprint density at radius 2 is 1.92 bits per heavy atom. The van der Waals surface area contributed by atoms with E-state index in [0.29, 0.717) is 13.1 Å². The molecule has 0 unspecified atom stereocenters. The third-order valence-corrected chi connectivity index (χ3v) is 5.21. The summed E-state index contributed by atoms with van der Waals surface area (Å²) < 4.78 is 25.6. The number of aromatic nitrogens is 2. The molecule has 8 nitrogen and oxygen atoms in total. The molecule has 1 aromatic heterocycles. The Balaban J connectivity index is 1.86. The predicted octanol–water partition coefficient (Wildman–Crippen LogP) is 2.77. The van der Waals surface area contributed by atoms with Crippen LogP contribution in [0.15, 0.2) is 47.4 Å². The molecule has 0 saturated heterocycles. The predicted molar refractivity (Wildman–Crippen MR) is 99.2 cm³/mol. The van der Waals surface area contributed by atoms with Gasteiger partial charge in [0.25, 0.3) is 0 Å². The lowest BCUT2D eigenvalue weighted by molar-refractivity contribution is -0.386. The summed E-state index contributed by atoms with van der Waals surface area (Å²) in [6, 6.07) is 12.0. The minimum atomic E-state index is -3.70. The molecule has 0 fully saturated rings. The van der Waals surface area contributed by atoms with Crippen molar-refractivity contribution < 1.29 is 13.3 Å². The van der Waals surface area contributed by atoms with Crippen LogP contribution in [0.25, 0.3) is 11.0 Å². The lowest BCUT2D eigenvalue weighted by Crippen LogP contribution is -2.13. The van der Waals surface area contributed by atoms with Gasteiger partial charge in [0.1, 0.15) is 16.4 Å². The number of imidazole rings is 1. The second kappa shape index (κ2) is 6.75. The molecule has 0 saturated carbocycles. The summed E-state index contributed by atoms with van der Waals surface area (Å²) in [5.41, 5.74) is 1.61. The quantitative estimate of drug-likeness (QED) is 0.525. The van der Waals surface area contributed by atoms with Crippen LogP contribution in [-0.4, -0.2) is 35.7 Å². The Kier molecular flexibility index (Phi) is 4.64. The molecule has 0 radical (unpaired) electrons. The van der Waals surface area contributed by atoms with E-state index in [9.17, 15) is 18.5 Å². The normalized spacial score (nSPS) is 11.6. The van der Waals surface area contributed by atoms with Gasteiger partial charge in [-0.15, -0.1) is 0 Å². The Morgan fingerprint density at radius 3 is 2.62 bits per heavy atom. The lowest BCUT2D eigenvalue weighted by atomic mass is 10.2. The van der Waals surface area contributed by atoms with E-state index in [2.05, 4.69) is 10.3 Å². The van der Waals surface area contributed by atoms with Gasteiger partial charge >= 0.3 is 5.69 Å². The third kappa shape index (κ3) is 3.38. The van der Waals surface area contributed by atoms with Crippen molar-refractivity contribution in [3.05, 3.63) is 58.4 Å². The zero-order chi connectivity index (χ0) is 18.9. The van der Waals surface area contributed by atoms with Crippen molar-refractivity contribution in [3.8, 4) is 0 Å². The van der Waals surface area contributed by atoms with E-state index in [-0.39, 0.29) is 10.6 Å². The van der Waals surface area contributed by atoms with E-state index in [1.54, 1.807) is 0 Å². The number of anilines is 1. The fourth-order valence-corrected chi connectivity index (χ4v) is 3.79. The van der Waals surface area contributed by atoms with Crippen LogP contribution in [0.5, 0.6) is 0 Å². The number of nitro benzene ring substituents is 1. The van der Waals surface area contributed by atoms with Gasteiger partial charge in [-0.3, -0.25) is 10.1 Å². The van der Waals surface area contributed by atoms with E-state index in [0.717, 1.165) is 23.1 Å². The highest BCUT2D eigenvalue weighted by molar-refractivity contribution is 7.90. The molecule has 26 heavy (non-hydrogen) atoms. The molecule has 0 amide bonds. The molecule has 0 aliphatic carbocycles. The summed E-state index contributed by atoms with van der Waals surface area (Å²) in [5.74, 6) is 0.840. The van der Waals surface area contributed by atoms with Crippen molar-refractivity contribution in [2.24, 2.45) is 0 Å². The lowest BCUT2D eigenvalue weighted by Gasteiger charge is -2.11. The van der Waals surface area contributed by atoms with Crippen molar-refractivity contribution in [1.82, 2.24) is 9.55 Å². The SMILES string of the molecule is Cc1nc2ccccc2n1CCNc1cccc(S(C)(=O)=O)c1[N+](=O)[O-]. The summed E-state index contributed by atoms with van der Waals surface area (Å²) >= 11 is 0. The highest BCUT2D eigenvalue weighted by Crippen LogP contribution is 2.31. The van der Waals surface area contributed by atoms with Crippen molar-refractivity contribution >= 4 is 32.2 Å². The van der Waals surface area contributed by atoms with Gasteiger partial charge in [0.05, 0.1) is 16.0 Å². The molecule has 0 aliphatic rings. The number of rotatable bonds is 6. The number of fused-ring (bicyclic) bond motifs is 1. The van der Waals surface area contributed by atoms with Gasteiger partial charge in [0, 0.05) is 19.3 Å². The van der Waals surface area contributed by atoms with E-state index in [1.807, 2.05) is 35.8 Å². The smallest absolute Gasteiger partial charge is 0.310 e. The molecule has 0 spiro atoms. The zero-order valence-electron chi connectivity index (χ0n) is 14.3. The summed E-state index contributed by atoms with van der Waals surface area (Å²) in [7, 11) is -3.70. The van der Waals surface area contributed by atoms with Crippen LogP contribution in [0, 0.1) is 17.0 Å². The molecular weight excluding hydrogens is 356 g/mol. The monoisotopic (exact) mass is 374 g/mol. The van der Waals surface area contributed by atoms with Gasteiger partial charge in [0.2, 0.25) is 0 Å². The average Bonchev–Trinajstić information content (AvgIpc) is 2.89. The van der Waals surface area contributed by atoms with E-state index in [4.69, 9.17) is 0 Å². The highest BCUT2D eigenvalue weighted by atomic mass is 32.2. The molecule has 2 aromatic carbocycles. The Labute approximate surface area is 150 Å². The van der Waals surface area contributed by atoms with Gasteiger partial charge in [-0.25, -0.2) is 13.4 Å². The molecule has 1 N–H and O–H groups in total. The molecule has 136 valence electrons. The molecule has 9 heteroatoms. The van der Waals surface area contributed by atoms with Crippen LogP contribution >= 0.6 is 0 Å². The first-order chi connectivity index (χ1) is 12.3. The number of para-hydroxylation sites is 3. The van der Waals surface area contributed by atoms with Crippen LogP contribution in [0.3, 0.4) is 0 Å². The molecule has 0 bridgehead atoms. The minimum absolute atomic E-state index is 0.181. The molecule has 1 heterocycles. The second-order valence-corrected chi connectivity index (χ2v) is 7.89. The van der Waals surface area contributed by atoms with Gasteiger partial charge in [-0.1, -0.05) is 18.2 Å². The van der Waals surface area contributed by atoms with Gasteiger partial charge in [-0.2, -0.15) is 0 Å². The van der Waals surface area contributed by atoms with Crippen molar-refractivity contribution in [2.45, 2.75) is 18.4 Å². The number of aryl methyl sites for hydroxylation is 1. The topological polar surface area (TPSA) is 107 Å². The second-order valence-electron chi connectivity index (χ2n) is 5.91. The minimum Gasteiger partial charge on any atom is -0.378 e. The number of nitrogens with one attached hydrogen (secondary N) is 1. The van der Waals surface area contributed by atoms with Crippen molar-refractivity contribution in [1.29, 1.82) is 0 Å². The first kappa shape index (κ1) is 17.9. The third-order valence-electron chi connectivity index (χ3n) is 4.08. The molecular formula is C17H18N4O4S. The van der Waals surface area contributed by atoms with Crippen LogP contribution in [0.1, 0.15) is 5.82 Å². The number of hydrogen-bond acceptors (Lipinski definition) is 6. The standard InChI is InChI=1S/C17H18N4O4S/c1-12-19-13-6-3-4-8-15(13)20(12)11-10-18-14-7-5-9-16(26(2,24)25)17(14)21(22)23/h3-9,18H,10-11H2,1-2H3. The van der Waals surface area contributed by atoms with E-state index >= 15 is 0 Å². The number of sulfone groups is 1. The van der Waals surface area contributed by atoms with E-state index < -0.39 is 20.4 Å². The van der Waals surface area contributed by atoms with Crippen LogP contribution in [-0.2, 0) is 16.4 Å². The van der Waals surface area contributed by atoms with Crippen molar-refractivity contribution in [2.75, 3.05) is 18.1 Å². The van der Waals surface area contributed by atoms with Gasteiger partial charge in [0.15, 0.2) is 9.84 Å². The largest absolute Gasteiger partial charge is 0.378 e. The average molecular weight is 374 g/mol. The summed E-state index contributed by atoms with van der Waals surface area (Å²) in [4.78, 5) is 14.9. The zero-order valence-corrected chi connectivity index (χ0v) is 15.2. The molecule has 3 aromatic rings. The van der Waals surface area contributed by atoms with Gasteiger partial charge < -0.3 is 9.88 Å². The fraction of sp³-hybridized carbons (Fsp3) is 0.235. The maximum atomic E-state index is 11.8. The van der Waals surface area contributed by atoms with Crippen molar-refractivity contribution in [3.63, 3.8) is 0 Å². The number of hydrogen-bond donors (Lipinski definition) is 1.